The smallest absolute Gasteiger partial charge is 0.232 e. The zero-order valence-corrected chi connectivity index (χ0v) is 16.5. The van der Waals surface area contributed by atoms with Crippen LogP contribution in [0.1, 0.15) is 25.3 Å². The van der Waals surface area contributed by atoms with Gasteiger partial charge >= 0.3 is 0 Å². The predicted molar refractivity (Wildman–Crippen MR) is 107 cm³/mol. The minimum Gasteiger partial charge on any atom is -0.494 e. The zero-order valence-electron chi connectivity index (χ0n) is 15.7. The van der Waals surface area contributed by atoms with Crippen molar-refractivity contribution >= 4 is 21.6 Å². The van der Waals surface area contributed by atoms with Crippen molar-refractivity contribution in [3.63, 3.8) is 0 Å². The number of benzene rings is 2. The number of carbonyl (C=O) groups is 1. The van der Waals surface area contributed by atoms with Crippen LogP contribution in [-0.2, 0) is 21.4 Å². The monoisotopic (exact) mass is 390 g/mol. The van der Waals surface area contributed by atoms with Crippen LogP contribution < -0.4 is 14.4 Å². The molecule has 0 saturated carbocycles. The Bertz CT molecular complexity index is 821. The van der Waals surface area contributed by atoms with Crippen molar-refractivity contribution in [3.8, 4) is 5.75 Å². The van der Waals surface area contributed by atoms with Crippen molar-refractivity contribution in [2.24, 2.45) is 0 Å². The number of hydrogen-bond donors (Lipinski definition) is 1. The lowest BCUT2D eigenvalue weighted by molar-refractivity contribution is -0.121. The number of sulfonamides is 1. The van der Waals surface area contributed by atoms with Crippen LogP contribution >= 0.6 is 0 Å². The first-order chi connectivity index (χ1) is 12.9. The molecular formula is C20H26N2O4S. The van der Waals surface area contributed by atoms with Crippen LogP contribution in [0.25, 0.3) is 0 Å². The number of rotatable bonds is 10. The molecule has 2 rings (SSSR count). The molecule has 1 N–H and O–H groups in total. The summed E-state index contributed by atoms with van der Waals surface area (Å²) >= 11 is 0. The minimum absolute atomic E-state index is 0.106. The zero-order chi connectivity index (χ0) is 19.7. The van der Waals surface area contributed by atoms with Gasteiger partial charge in [-0.25, -0.2) is 8.42 Å². The van der Waals surface area contributed by atoms with Crippen LogP contribution in [0.15, 0.2) is 54.6 Å². The highest BCUT2D eigenvalue weighted by Gasteiger charge is 2.17. The highest BCUT2D eigenvalue weighted by atomic mass is 32.2. The number of carbonyl (C=O) groups excluding carboxylic acids is 1. The molecule has 27 heavy (non-hydrogen) atoms. The fourth-order valence-electron chi connectivity index (χ4n) is 2.62. The first-order valence-corrected chi connectivity index (χ1v) is 10.8. The Morgan fingerprint density at radius 1 is 1.07 bits per heavy atom. The summed E-state index contributed by atoms with van der Waals surface area (Å²) in [6, 6.07) is 16.5. The van der Waals surface area contributed by atoms with Gasteiger partial charge < -0.3 is 10.1 Å². The van der Waals surface area contributed by atoms with Gasteiger partial charge in [-0.05, 0) is 43.2 Å². The van der Waals surface area contributed by atoms with Crippen molar-refractivity contribution in [3.05, 3.63) is 60.2 Å². The van der Waals surface area contributed by atoms with Crippen LogP contribution in [0.5, 0.6) is 5.75 Å². The van der Waals surface area contributed by atoms with Gasteiger partial charge in [0.1, 0.15) is 5.75 Å². The van der Waals surface area contributed by atoms with Gasteiger partial charge in [-0.2, -0.15) is 0 Å². The van der Waals surface area contributed by atoms with E-state index in [2.05, 4.69) is 5.32 Å². The lowest BCUT2D eigenvalue weighted by atomic mass is 10.2. The molecule has 0 aliphatic carbocycles. The molecule has 1 amide bonds. The van der Waals surface area contributed by atoms with E-state index in [1.807, 2.05) is 37.3 Å². The van der Waals surface area contributed by atoms with E-state index in [-0.39, 0.29) is 18.9 Å². The molecule has 7 heteroatoms. The molecule has 0 aliphatic heterocycles. The maximum absolute atomic E-state index is 12.0. The SMILES string of the molecule is CCOc1ccc(CNC(=O)CCCN(c2ccccc2)S(C)(=O)=O)cc1. The molecule has 0 spiro atoms. The Kier molecular flexibility index (Phi) is 7.67. The van der Waals surface area contributed by atoms with E-state index in [9.17, 15) is 13.2 Å². The molecule has 0 heterocycles. The van der Waals surface area contributed by atoms with Crippen molar-refractivity contribution < 1.29 is 17.9 Å². The van der Waals surface area contributed by atoms with Gasteiger partial charge in [0.25, 0.3) is 0 Å². The lowest BCUT2D eigenvalue weighted by Gasteiger charge is -2.22. The normalized spacial score (nSPS) is 11.0. The molecule has 0 bridgehead atoms. The van der Waals surface area contributed by atoms with Gasteiger partial charge in [-0.15, -0.1) is 0 Å². The largest absolute Gasteiger partial charge is 0.494 e. The van der Waals surface area contributed by atoms with E-state index in [0.29, 0.717) is 25.3 Å². The van der Waals surface area contributed by atoms with Crippen LogP contribution in [-0.4, -0.2) is 33.7 Å². The number of hydrogen-bond acceptors (Lipinski definition) is 4. The van der Waals surface area contributed by atoms with Crippen molar-refractivity contribution in [2.45, 2.75) is 26.3 Å². The fraction of sp³-hybridized carbons (Fsp3) is 0.350. The van der Waals surface area contributed by atoms with Crippen LogP contribution in [0, 0.1) is 0 Å². The second-order valence-electron chi connectivity index (χ2n) is 6.13. The van der Waals surface area contributed by atoms with E-state index >= 15 is 0 Å². The summed E-state index contributed by atoms with van der Waals surface area (Å²) in [6.07, 6.45) is 1.87. The predicted octanol–water partition coefficient (Wildman–Crippen LogP) is 2.95. The summed E-state index contributed by atoms with van der Waals surface area (Å²) in [5.74, 6) is 0.694. The van der Waals surface area contributed by atoms with Gasteiger partial charge in [-0.1, -0.05) is 30.3 Å². The minimum atomic E-state index is -3.39. The molecule has 0 atom stereocenters. The second-order valence-corrected chi connectivity index (χ2v) is 8.03. The number of nitrogens with one attached hydrogen (secondary N) is 1. The lowest BCUT2D eigenvalue weighted by Crippen LogP contribution is -2.32. The summed E-state index contributed by atoms with van der Waals surface area (Å²) < 4.78 is 30.7. The summed E-state index contributed by atoms with van der Waals surface area (Å²) in [6.45, 7) is 3.24. The summed E-state index contributed by atoms with van der Waals surface area (Å²) in [5.41, 5.74) is 1.59. The first kappa shape index (κ1) is 20.8. The molecule has 0 saturated heterocycles. The Labute approximate surface area is 161 Å². The Balaban J connectivity index is 1.80. The number of ether oxygens (including phenoxy) is 1. The molecule has 146 valence electrons. The maximum Gasteiger partial charge on any atom is 0.232 e. The van der Waals surface area contributed by atoms with Crippen LogP contribution in [0.4, 0.5) is 5.69 Å². The third kappa shape index (κ3) is 6.94. The summed E-state index contributed by atoms with van der Waals surface area (Å²) in [4.78, 5) is 12.0. The highest BCUT2D eigenvalue weighted by Crippen LogP contribution is 2.17. The van der Waals surface area contributed by atoms with Gasteiger partial charge in [0.15, 0.2) is 0 Å². The Morgan fingerprint density at radius 2 is 1.74 bits per heavy atom. The second kappa shape index (κ2) is 9.97. The third-order valence-electron chi connectivity index (χ3n) is 3.93. The molecule has 0 fully saturated rings. The van der Waals surface area contributed by atoms with E-state index < -0.39 is 10.0 Å². The van der Waals surface area contributed by atoms with Crippen molar-refractivity contribution in [1.29, 1.82) is 0 Å². The molecule has 2 aromatic carbocycles. The van der Waals surface area contributed by atoms with Gasteiger partial charge in [0.2, 0.25) is 15.9 Å². The standard InChI is InChI=1S/C20H26N2O4S/c1-3-26-19-13-11-17(12-14-19)16-21-20(23)10-7-15-22(27(2,24)25)18-8-5-4-6-9-18/h4-6,8-9,11-14H,3,7,10,15-16H2,1-2H3,(H,21,23). The molecule has 0 aliphatic rings. The third-order valence-corrected chi connectivity index (χ3v) is 5.13. The van der Waals surface area contributed by atoms with Gasteiger partial charge in [0, 0.05) is 19.5 Å². The molecule has 0 aromatic heterocycles. The first-order valence-electron chi connectivity index (χ1n) is 8.91. The maximum atomic E-state index is 12.0. The van der Waals surface area contributed by atoms with Crippen LogP contribution in [0.2, 0.25) is 0 Å². The molecular weight excluding hydrogens is 364 g/mol. The van der Waals surface area contributed by atoms with E-state index in [1.54, 1.807) is 24.3 Å². The Hall–Kier alpha value is -2.54. The molecule has 2 aromatic rings. The van der Waals surface area contributed by atoms with Gasteiger partial charge in [0.05, 0.1) is 18.6 Å². The van der Waals surface area contributed by atoms with E-state index in [1.165, 1.54) is 10.6 Å². The topological polar surface area (TPSA) is 75.7 Å². The highest BCUT2D eigenvalue weighted by molar-refractivity contribution is 7.92. The average Bonchev–Trinajstić information content (AvgIpc) is 2.64. The molecule has 0 unspecified atom stereocenters. The van der Waals surface area contributed by atoms with E-state index in [0.717, 1.165) is 11.3 Å². The number of amides is 1. The summed E-state index contributed by atoms with van der Waals surface area (Å²) in [5, 5.41) is 2.85. The average molecular weight is 391 g/mol. The van der Waals surface area contributed by atoms with Crippen molar-refractivity contribution in [1.82, 2.24) is 5.32 Å². The van der Waals surface area contributed by atoms with Gasteiger partial charge in [-0.3, -0.25) is 9.10 Å². The summed E-state index contributed by atoms with van der Waals surface area (Å²) in [7, 11) is -3.39. The van der Waals surface area contributed by atoms with Crippen molar-refractivity contribution in [2.75, 3.05) is 23.7 Å². The van der Waals surface area contributed by atoms with E-state index in [4.69, 9.17) is 4.74 Å². The number of para-hydroxylation sites is 1. The number of anilines is 1. The molecule has 6 nitrogen and oxygen atoms in total. The van der Waals surface area contributed by atoms with Crippen LogP contribution in [0.3, 0.4) is 0 Å². The number of nitrogens with zero attached hydrogens (tertiary/aromatic N) is 1. The Morgan fingerprint density at radius 3 is 2.33 bits per heavy atom. The fourth-order valence-corrected chi connectivity index (χ4v) is 3.59. The quantitative estimate of drug-likeness (QED) is 0.677. The molecule has 0 radical (unpaired) electrons.